The quantitative estimate of drug-likeness (QED) is 0.283. The molecule has 4 aromatic rings. The highest BCUT2D eigenvalue weighted by atomic mass is 35.5. The summed E-state index contributed by atoms with van der Waals surface area (Å²) in [5.41, 5.74) is 4.96. The molecule has 0 atom stereocenters. The first kappa shape index (κ1) is 20.3. The van der Waals surface area contributed by atoms with Crippen LogP contribution in [0.3, 0.4) is 0 Å². The molecule has 0 saturated carbocycles. The third kappa shape index (κ3) is 4.60. The number of halogens is 2. The lowest BCUT2D eigenvalue weighted by atomic mass is 9.98. The van der Waals surface area contributed by atoms with Gasteiger partial charge in [-0.1, -0.05) is 60.1 Å². The Labute approximate surface area is 181 Å². The summed E-state index contributed by atoms with van der Waals surface area (Å²) in [7, 11) is 0. The smallest absolute Gasteiger partial charge is 0.134 e. The number of benzene rings is 3. The van der Waals surface area contributed by atoms with Crippen molar-refractivity contribution in [2.75, 3.05) is 0 Å². The molecule has 30 heavy (non-hydrogen) atoms. The number of allylic oxidation sites excluding steroid dienone is 1. The fourth-order valence-electron chi connectivity index (χ4n) is 3.63. The summed E-state index contributed by atoms with van der Waals surface area (Å²) in [5.74, 6) is -0.138. The van der Waals surface area contributed by atoms with Crippen molar-refractivity contribution in [3.05, 3.63) is 113 Å². The van der Waals surface area contributed by atoms with E-state index < -0.39 is 0 Å². The van der Waals surface area contributed by atoms with E-state index in [0.29, 0.717) is 16.8 Å². The maximum absolute atomic E-state index is 15.1. The highest BCUT2D eigenvalue weighted by Gasteiger charge is 2.10. The van der Waals surface area contributed by atoms with Crippen molar-refractivity contribution in [1.82, 2.24) is 4.98 Å². The van der Waals surface area contributed by atoms with E-state index in [0.717, 1.165) is 47.0 Å². The van der Waals surface area contributed by atoms with Crippen molar-refractivity contribution in [3.63, 3.8) is 0 Å². The van der Waals surface area contributed by atoms with E-state index in [1.54, 1.807) is 0 Å². The van der Waals surface area contributed by atoms with Gasteiger partial charge in [-0.05, 0) is 72.0 Å². The molecule has 1 heterocycles. The molecule has 0 bridgehead atoms. The third-order valence-corrected chi connectivity index (χ3v) is 5.64. The van der Waals surface area contributed by atoms with Gasteiger partial charge in [-0.3, -0.25) is 4.98 Å². The van der Waals surface area contributed by atoms with Gasteiger partial charge in [0, 0.05) is 22.2 Å². The molecular weight excluding hydrogens is 393 g/mol. The summed E-state index contributed by atoms with van der Waals surface area (Å²) in [4.78, 5) is 4.58. The highest BCUT2D eigenvalue weighted by Crippen LogP contribution is 2.27. The van der Waals surface area contributed by atoms with Gasteiger partial charge in [-0.15, -0.1) is 6.58 Å². The van der Waals surface area contributed by atoms with Gasteiger partial charge in [-0.25, -0.2) is 4.39 Å². The Bertz CT molecular complexity index is 1160. The van der Waals surface area contributed by atoms with Crippen LogP contribution < -0.4 is 0 Å². The molecule has 0 fully saturated rings. The Morgan fingerprint density at radius 2 is 1.67 bits per heavy atom. The van der Waals surface area contributed by atoms with Gasteiger partial charge in [0.25, 0.3) is 0 Å². The predicted octanol–water partition coefficient (Wildman–Crippen LogP) is 7.60. The van der Waals surface area contributed by atoms with Crippen molar-refractivity contribution >= 4 is 22.4 Å². The van der Waals surface area contributed by atoms with E-state index in [9.17, 15) is 0 Å². The maximum atomic E-state index is 15.1. The van der Waals surface area contributed by atoms with E-state index in [-0.39, 0.29) is 5.82 Å². The molecule has 0 radical (unpaired) electrons. The summed E-state index contributed by atoms with van der Waals surface area (Å²) in [6.45, 7) is 3.76. The summed E-state index contributed by atoms with van der Waals surface area (Å²) < 4.78 is 15.1. The number of rotatable bonds is 7. The Morgan fingerprint density at radius 3 is 2.40 bits per heavy atom. The van der Waals surface area contributed by atoms with Crippen LogP contribution in [-0.4, -0.2) is 4.98 Å². The fourth-order valence-corrected chi connectivity index (χ4v) is 3.76. The largest absolute Gasteiger partial charge is 0.256 e. The van der Waals surface area contributed by atoms with Gasteiger partial charge in [0.15, 0.2) is 0 Å². The van der Waals surface area contributed by atoms with Crippen LogP contribution in [-0.2, 0) is 19.3 Å². The average Bonchev–Trinajstić information content (AvgIpc) is 2.78. The van der Waals surface area contributed by atoms with Gasteiger partial charge >= 0.3 is 0 Å². The number of hydrogen-bond donors (Lipinski definition) is 0. The first-order valence-corrected chi connectivity index (χ1v) is 10.5. The van der Waals surface area contributed by atoms with Crippen LogP contribution >= 0.6 is 11.6 Å². The van der Waals surface area contributed by atoms with Gasteiger partial charge in [-0.2, -0.15) is 0 Å². The lowest BCUT2D eigenvalue weighted by Gasteiger charge is -2.09. The number of aromatic nitrogens is 1. The summed E-state index contributed by atoms with van der Waals surface area (Å²) >= 11 is 5.94. The normalized spacial score (nSPS) is 11.0. The molecule has 3 aromatic carbocycles. The van der Waals surface area contributed by atoms with Crippen LogP contribution in [0.2, 0.25) is 5.02 Å². The summed E-state index contributed by atoms with van der Waals surface area (Å²) in [6.07, 6.45) is 7.13. The molecule has 150 valence electrons. The van der Waals surface area contributed by atoms with E-state index in [2.05, 4.69) is 17.6 Å². The molecule has 4 rings (SSSR count). The zero-order chi connectivity index (χ0) is 20.9. The Hall–Kier alpha value is -2.97. The SMILES string of the molecule is C=CCCc1ccc(-c2ccc3c(F)c(CCc4ccc(Cl)cc4)ccc3c2)nc1. The first-order chi connectivity index (χ1) is 14.6. The van der Waals surface area contributed by atoms with Crippen LogP contribution in [0.1, 0.15) is 23.1 Å². The number of hydrogen-bond acceptors (Lipinski definition) is 1. The zero-order valence-electron chi connectivity index (χ0n) is 16.7. The molecular formula is C27H23ClFN. The Kier molecular flexibility index (Phi) is 6.25. The summed E-state index contributed by atoms with van der Waals surface area (Å²) in [6, 6.07) is 21.5. The van der Waals surface area contributed by atoms with Crippen molar-refractivity contribution in [1.29, 1.82) is 0 Å². The second kappa shape index (κ2) is 9.23. The standard InChI is InChI=1S/C27H23ClFN/c1-2-3-4-20-8-16-26(30-18-20)23-12-15-25-22(17-23)11-10-21(27(25)29)9-5-19-6-13-24(28)14-7-19/h2,6-8,10-18H,1,3-5,9H2. The molecule has 0 saturated heterocycles. The third-order valence-electron chi connectivity index (χ3n) is 5.39. The predicted molar refractivity (Wildman–Crippen MR) is 125 cm³/mol. The zero-order valence-corrected chi connectivity index (χ0v) is 17.5. The molecule has 0 aliphatic rings. The van der Waals surface area contributed by atoms with Gasteiger partial charge in [0.1, 0.15) is 5.82 Å². The van der Waals surface area contributed by atoms with Gasteiger partial charge in [0.05, 0.1) is 5.69 Å². The maximum Gasteiger partial charge on any atom is 0.134 e. The van der Waals surface area contributed by atoms with Crippen LogP contribution in [0.15, 0.2) is 85.6 Å². The topological polar surface area (TPSA) is 12.9 Å². The molecule has 0 amide bonds. The summed E-state index contributed by atoms with van der Waals surface area (Å²) in [5, 5.41) is 2.25. The number of fused-ring (bicyclic) bond motifs is 1. The number of aryl methyl sites for hydroxylation is 3. The minimum atomic E-state index is -0.138. The lowest BCUT2D eigenvalue weighted by molar-refractivity contribution is 0.620. The fraction of sp³-hybridized carbons (Fsp3) is 0.148. The monoisotopic (exact) mass is 415 g/mol. The second-order valence-electron chi connectivity index (χ2n) is 7.48. The van der Waals surface area contributed by atoms with Crippen molar-refractivity contribution in [2.24, 2.45) is 0 Å². The molecule has 0 aliphatic carbocycles. The number of pyridine rings is 1. The molecule has 0 unspecified atom stereocenters. The van der Waals surface area contributed by atoms with Crippen molar-refractivity contribution in [3.8, 4) is 11.3 Å². The van der Waals surface area contributed by atoms with Gasteiger partial charge < -0.3 is 0 Å². The van der Waals surface area contributed by atoms with E-state index in [1.807, 2.05) is 72.9 Å². The van der Waals surface area contributed by atoms with Crippen LogP contribution in [0.4, 0.5) is 4.39 Å². The van der Waals surface area contributed by atoms with Crippen molar-refractivity contribution < 1.29 is 4.39 Å². The average molecular weight is 416 g/mol. The number of nitrogens with zero attached hydrogens (tertiary/aromatic N) is 1. The molecule has 1 aromatic heterocycles. The second-order valence-corrected chi connectivity index (χ2v) is 7.92. The minimum Gasteiger partial charge on any atom is -0.256 e. The van der Waals surface area contributed by atoms with Crippen LogP contribution in [0, 0.1) is 5.82 Å². The van der Waals surface area contributed by atoms with Crippen LogP contribution in [0.25, 0.3) is 22.0 Å². The first-order valence-electron chi connectivity index (χ1n) is 10.2. The minimum absolute atomic E-state index is 0.138. The Morgan fingerprint density at radius 1 is 0.867 bits per heavy atom. The molecule has 0 spiro atoms. The van der Waals surface area contributed by atoms with Crippen LogP contribution in [0.5, 0.6) is 0 Å². The molecule has 1 nitrogen and oxygen atoms in total. The van der Waals surface area contributed by atoms with E-state index >= 15 is 4.39 Å². The van der Waals surface area contributed by atoms with E-state index in [1.165, 1.54) is 5.56 Å². The lowest BCUT2D eigenvalue weighted by Crippen LogP contribution is -1.96. The molecule has 3 heteroatoms. The van der Waals surface area contributed by atoms with Crippen molar-refractivity contribution in [2.45, 2.75) is 25.7 Å². The Balaban J connectivity index is 1.54. The van der Waals surface area contributed by atoms with E-state index in [4.69, 9.17) is 11.6 Å². The highest BCUT2D eigenvalue weighted by molar-refractivity contribution is 6.30. The molecule has 0 aliphatic heterocycles. The molecule has 0 N–H and O–H groups in total. The van der Waals surface area contributed by atoms with Gasteiger partial charge in [0.2, 0.25) is 0 Å².